The van der Waals surface area contributed by atoms with E-state index >= 15 is 0 Å². The Morgan fingerprint density at radius 3 is 2.49 bits per heavy atom. The van der Waals surface area contributed by atoms with Crippen molar-refractivity contribution in [3.8, 4) is 11.5 Å². The first kappa shape index (κ1) is 27.5. The number of hydrogen-bond donors (Lipinski definition) is 2. The molecule has 3 atom stereocenters. The number of benzene rings is 1. The van der Waals surface area contributed by atoms with Gasteiger partial charge in [0.05, 0.1) is 51.2 Å². The largest absolute Gasteiger partial charge is 0.495 e. The number of amides is 3. The highest BCUT2D eigenvalue weighted by molar-refractivity contribution is 6.42. The van der Waals surface area contributed by atoms with Crippen LogP contribution in [0.5, 0.6) is 11.5 Å². The maximum Gasteiger partial charge on any atom is 0.330 e. The Bertz CT molecular complexity index is 1250. The molecule has 0 radical (unpaired) electrons. The molecule has 1 saturated heterocycles. The Hall–Kier alpha value is -3.02. The monoisotopic (exact) mass is 578 g/mol. The lowest BCUT2D eigenvalue weighted by Gasteiger charge is -2.36. The zero-order valence-electron chi connectivity index (χ0n) is 22.3. The van der Waals surface area contributed by atoms with Crippen LogP contribution in [0.15, 0.2) is 12.3 Å². The standard InChI is InChI=1S/C26H32Cl2N6O5/c1-5-18(35)30-15-12-39-23(13-7-6-8-13)21(15)31-25-29-10-14-11-34(26(36)33(2)24(14)32-25)22-19(27)16(37-3)9-17(38-4)20(22)28/h9-10,13,15,21,23H,5-8,11-12H2,1-4H3,(H,30,35)(H,29,31,32)/t15-,21-,23?/m0/s1. The van der Waals surface area contributed by atoms with E-state index in [2.05, 4.69) is 15.6 Å². The van der Waals surface area contributed by atoms with Gasteiger partial charge in [-0.3, -0.25) is 14.6 Å². The second kappa shape index (κ2) is 11.2. The molecule has 1 saturated carbocycles. The molecule has 2 aromatic rings. The molecule has 39 heavy (non-hydrogen) atoms. The third-order valence-electron chi connectivity index (χ3n) is 7.66. The third kappa shape index (κ3) is 5.03. The zero-order valence-corrected chi connectivity index (χ0v) is 23.8. The molecule has 3 aliphatic rings. The molecule has 2 N–H and O–H groups in total. The number of nitrogens with zero attached hydrogens (tertiary/aromatic N) is 4. The molecule has 2 aliphatic heterocycles. The number of carbonyl (C=O) groups is 2. The number of aromatic nitrogens is 2. The van der Waals surface area contributed by atoms with E-state index in [-0.39, 0.29) is 52.4 Å². The minimum atomic E-state index is -0.379. The molecule has 0 bridgehead atoms. The van der Waals surface area contributed by atoms with Gasteiger partial charge in [-0.1, -0.05) is 36.5 Å². The summed E-state index contributed by atoms with van der Waals surface area (Å²) in [5, 5.41) is 6.85. The summed E-state index contributed by atoms with van der Waals surface area (Å²) in [7, 11) is 4.58. The Morgan fingerprint density at radius 2 is 1.90 bits per heavy atom. The first-order chi connectivity index (χ1) is 18.8. The van der Waals surface area contributed by atoms with E-state index in [9.17, 15) is 9.59 Å². The van der Waals surface area contributed by atoms with Crippen LogP contribution in [0.1, 0.15) is 38.2 Å². The molecular weight excluding hydrogens is 547 g/mol. The van der Waals surface area contributed by atoms with E-state index in [1.807, 2.05) is 6.92 Å². The van der Waals surface area contributed by atoms with Crippen molar-refractivity contribution in [1.29, 1.82) is 0 Å². The highest BCUT2D eigenvalue weighted by Gasteiger charge is 2.44. The van der Waals surface area contributed by atoms with E-state index in [1.165, 1.54) is 30.4 Å². The molecule has 5 rings (SSSR count). The van der Waals surface area contributed by atoms with E-state index < -0.39 is 0 Å². The molecule has 210 valence electrons. The number of nitrogens with one attached hydrogen (secondary N) is 2. The van der Waals surface area contributed by atoms with E-state index in [1.54, 1.807) is 19.3 Å². The van der Waals surface area contributed by atoms with Crippen molar-refractivity contribution in [3.05, 3.63) is 27.9 Å². The maximum absolute atomic E-state index is 13.5. The number of anilines is 3. The van der Waals surface area contributed by atoms with Gasteiger partial charge in [-0.25, -0.2) is 9.78 Å². The number of carbonyl (C=O) groups excluding carboxylic acids is 2. The zero-order chi connectivity index (χ0) is 27.8. The van der Waals surface area contributed by atoms with Crippen molar-refractivity contribution in [3.63, 3.8) is 0 Å². The number of urea groups is 1. The molecular formula is C26H32Cl2N6O5. The number of rotatable bonds is 8. The number of halogens is 2. The van der Waals surface area contributed by atoms with Gasteiger partial charge in [0.25, 0.3) is 0 Å². The maximum atomic E-state index is 13.5. The van der Waals surface area contributed by atoms with Gasteiger partial charge in [0.1, 0.15) is 27.4 Å². The summed E-state index contributed by atoms with van der Waals surface area (Å²) in [6.45, 7) is 2.39. The smallest absolute Gasteiger partial charge is 0.330 e. The van der Waals surface area contributed by atoms with Crippen molar-refractivity contribution in [2.45, 2.75) is 57.3 Å². The quantitative estimate of drug-likeness (QED) is 0.477. The summed E-state index contributed by atoms with van der Waals surface area (Å²) in [4.78, 5) is 37.8. The molecule has 3 heterocycles. The SMILES string of the molecule is CCC(=O)N[C@H]1COC(C2CCC2)[C@H]1Nc1ncc2c(n1)N(C)C(=O)N(c1c(Cl)c(OC)cc(OC)c1Cl)C2. The fourth-order valence-corrected chi connectivity index (χ4v) is 5.99. The lowest BCUT2D eigenvalue weighted by molar-refractivity contribution is -0.121. The Morgan fingerprint density at radius 1 is 1.21 bits per heavy atom. The van der Waals surface area contributed by atoms with Gasteiger partial charge in [0, 0.05) is 31.3 Å². The van der Waals surface area contributed by atoms with Crippen LogP contribution in [-0.2, 0) is 16.1 Å². The summed E-state index contributed by atoms with van der Waals surface area (Å²) < 4.78 is 16.9. The fourth-order valence-electron chi connectivity index (χ4n) is 5.28. The average Bonchev–Trinajstić information content (AvgIpc) is 3.27. The minimum Gasteiger partial charge on any atom is -0.495 e. The Kier molecular flexibility index (Phi) is 7.93. The first-order valence-corrected chi connectivity index (χ1v) is 13.7. The number of hydrogen-bond acceptors (Lipinski definition) is 8. The van der Waals surface area contributed by atoms with Crippen LogP contribution in [0.3, 0.4) is 0 Å². The second-order valence-electron chi connectivity index (χ2n) is 9.91. The van der Waals surface area contributed by atoms with Crippen molar-refractivity contribution < 1.29 is 23.8 Å². The van der Waals surface area contributed by atoms with Gasteiger partial charge in [-0.2, -0.15) is 4.98 Å². The average molecular weight is 579 g/mol. The van der Waals surface area contributed by atoms with Gasteiger partial charge < -0.3 is 24.8 Å². The molecule has 3 amide bonds. The van der Waals surface area contributed by atoms with Crippen LogP contribution >= 0.6 is 23.2 Å². The van der Waals surface area contributed by atoms with Crippen molar-refractivity contribution in [2.75, 3.05) is 43.0 Å². The van der Waals surface area contributed by atoms with Gasteiger partial charge in [0.2, 0.25) is 11.9 Å². The van der Waals surface area contributed by atoms with Gasteiger partial charge in [-0.15, -0.1) is 0 Å². The second-order valence-corrected chi connectivity index (χ2v) is 10.7. The molecule has 11 nitrogen and oxygen atoms in total. The van der Waals surface area contributed by atoms with Crippen LogP contribution in [0.25, 0.3) is 0 Å². The highest BCUT2D eigenvalue weighted by atomic mass is 35.5. The van der Waals surface area contributed by atoms with Crippen LogP contribution in [0, 0.1) is 5.92 Å². The number of fused-ring (bicyclic) bond motifs is 1. The molecule has 2 fully saturated rings. The van der Waals surface area contributed by atoms with Crippen molar-refractivity contribution in [1.82, 2.24) is 15.3 Å². The lowest BCUT2D eigenvalue weighted by Crippen LogP contribution is -2.51. The van der Waals surface area contributed by atoms with Crippen LogP contribution in [0.2, 0.25) is 10.0 Å². The van der Waals surface area contributed by atoms with Gasteiger partial charge in [0.15, 0.2) is 0 Å². The van der Waals surface area contributed by atoms with Crippen LogP contribution in [0.4, 0.5) is 22.2 Å². The Balaban J connectivity index is 1.43. The highest BCUT2D eigenvalue weighted by Crippen LogP contribution is 2.48. The lowest BCUT2D eigenvalue weighted by atomic mass is 9.78. The first-order valence-electron chi connectivity index (χ1n) is 13.0. The van der Waals surface area contributed by atoms with Crippen LogP contribution < -0.4 is 29.9 Å². The predicted molar refractivity (Wildman–Crippen MR) is 148 cm³/mol. The predicted octanol–water partition coefficient (Wildman–Crippen LogP) is 4.25. The van der Waals surface area contributed by atoms with E-state index in [4.69, 9.17) is 42.4 Å². The normalized spacial score (nSPS) is 22.8. The summed E-state index contributed by atoms with van der Waals surface area (Å²) in [6.07, 6.45) is 5.37. The summed E-state index contributed by atoms with van der Waals surface area (Å²) in [6, 6.07) is 0.800. The van der Waals surface area contributed by atoms with E-state index in [0.29, 0.717) is 47.8 Å². The Labute approximate surface area is 237 Å². The molecule has 1 aromatic carbocycles. The van der Waals surface area contributed by atoms with Gasteiger partial charge >= 0.3 is 6.03 Å². The fraction of sp³-hybridized carbons (Fsp3) is 0.538. The van der Waals surface area contributed by atoms with Crippen molar-refractivity contribution >= 4 is 52.6 Å². The molecule has 1 aliphatic carbocycles. The number of ether oxygens (including phenoxy) is 3. The summed E-state index contributed by atoms with van der Waals surface area (Å²) in [5.41, 5.74) is 0.978. The van der Waals surface area contributed by atoms with E-state index in [0.717, 1.165) is 12.8 Å². The van der Waals surface area contributed by atoms with Crippen LogP contribution in [-0.4, -0.2) is 68.0 Å². The minimum absolute atomic E-state index is 0.0343. The summed E-state index contributed by atoms with van der Waals surface area (Å²) in [5.74, 6) is 1.87. The topological polar surface area (TPSA) is 118 Å². The van der Waals surface area contributed by atoms with Gasteiger partial charge in [-0.05, 0) is 18.8 Å². The molecule has 0 spiro atoms. The molecule has 1 aromatic heterocycles. The van der Waals surface area contributed by atoms with Crippen molar-refractivity contribution in [2.24, 2.45) is 5.92 Å². The summed E-state index contributed by atoms with van der Waals surface area (Å²) >= 11 is 13.2. The molecule has 1 unspecified atom stereocenters. The molecule has 13 heteroatoms. The number of methoxy groups -OCH3 is 2. The third-order valence-corrected chi connectivity index (χ3v) is 8.39.